The van der Waals surface area contributed by atoms with E-state index in [-0.39, 0.29) is 67.3 Å². The molecule has 1 aliphatic rings. The third-order valence-corrected chi connectivity index (χ3v) is 14.0. The number of carbonyl (C=O) groups excluding carboxylic acids is 4. The Labute approximate surface area is 437 Å². The molecule has 1 fully saturated rings. The maximum Gasteiger partial charge on any atom is 0.309 e. The summed E-state index contributed by atoms with van der Waals surface area (Å²) in [5.74, 6) is -1.14. The van der Waals surface area contributed by atoms with Crippen LogP contribution in [-0.2, 0) is 51.1 Å². The predicted molar refractivity (Wildman–Crippen MR) is 282 cm³/mol. The summed E-state index contributed by atoms with van der Waals surface area (Å²) in [4.78, 5) is 67.6. The number of rotatable bonds is 35. The highest BCUT2D eigenvalue weighted by Crippen LogP contribution is 2.32. The smallest absolute Gasteiger partial charge is 0.309 e. The number of esters is 1. The maximum absolute atomic E-state index is 14.9. The number of carbonyl (C=O) groups is 4. The Morgan fingerprint density at radius 3 is 2.29 bits per heavy atom. The molecular formula is C54H82N8O10S. The highest BCUT2D eigenvalue weighted by molar-refractivity contribution is 7.09. The number of aromatic nitrogens is 1. The minimum Gasteiger partial charge on any atom is -0.491 e. The monoisotopic (exact) mass is 1030 g/mol. The molecule has 2 heterocycles. The van der Waals surface area contributed by atoms with Crippen molar-refractivity contribution in [3.8, 4) is 5.75 Å². The van der Waals surface area contributed by atoms with Crippen LogP contribution in [0.15, 0.2) is 65.1 Å². The van der Waals surface area contributed by atoms with Crippen LogP contribution >= 0.6 is 11.3 Å². The lowest BCUT2D eigenvalue weighted by Gasteiger charge is -2.40. The largest absolute Gasteiger partial charge is 0.491 e. The molecule has 2 N–H and O–H groups in total. The zero-order valence-electron chi connectivity index (χ0n) is 44.5. The van der Waals surface area contributed by atoms with Gasteiger partial charge in [0.1, 0.15) is 48.5 Å². The van der Waals surface area contributed by atoms with Gasteiger partial charge in [0.25, 0.3) is 5.91 Å². The van der Waals surface area contributed by atoms with Crippen LogP contribution in [0.5, 0.6) is 5.75 Å². The molecule has 0 saturated carbocycles. The van der Waals surface area contributed by atoms with Crippen LogP contribution in [0.2, 0.25) is 0 Å². The average molecular weight is 1040 g/mol. The van der Waals surface area contributed by atoms with Gasteiger partial charge in [0.2, 0.25) is 11.8 Å². The van der Waals surface area contributed by atoms with Crippen molar-refractivity contribution in [2.24, 2.45) is 22.9 Å². The number of amides is 3. The van der Waals surface area contributed by atoms with Crippen molar-refractivity contribution in [1.82, 2.24) is 25.4 Å². The van der Waals surface area contributed by atoms with Crippen LogP contribution in [0.4, 0.5) is 0 Å². The molecule has 0 spiro atoms. The Morgan fingerprint density at radius 1 is 0.890 bits per heavy atom. The second kappa shape index (κ2) is 33.6. The lowest BCUT2D eigenvalue weighted by molar-refractivity contribution is -0.150. The molecule has 7 atom stereocenters. The molecular weight excluding hydrogens is 953 g/mol. The summed E-state index contributed by atoms with van der Waals surface area (Å²) in [6.45, 7) is 17.8. The SMILES string of the molecule is CCCO[C@H](C[C@H](C(C)C)N(COCC)C(=O)[C@@H](NC(=O)[C@H]1CCCCN1C)[C@@H](C)CC)c1nc(C(=O)N[C@@H](Cc2ccc(OCCOCCOCCN=[N+]=[N-])cc2)C[C@H](C)C(=O)OCc2ccccc2)cs1. The first-order chi connectivity index (χ1) is 35.3. The maximum atomic E-state index is 14.9. The number of azide groups is 1. The summed E-state index contributed by atoms with van der Waals surface area (Å²) < 4.78 is 35.0. The molecule has 73 heavy (non-hydrogen) atoms. The quantitative estimate of drug-likeness (QED) is 0.0141. The van der Waals surface area contributed by atoms with Gasteiger partial charge in [-0.15, -0.1) is 11.3 Å². The van der Waals surface area contributed by atoms with Gasteiger partial charge < -0.3 is 44.0 Å². The van der Waals surface area contributed by atoms with Crippen molar-refractivity contribution in [3.63, 3.8) is 0 Å². The van der Waals surface area contributed by atoms with E-state index < -0.39 is 30.0 Å². The zero-order valence-corrected chi connectivity index (χ0v) is 45.3. The number of likely N-dealkylation sites (N-methyl/N-ethyl adjacent to an activating group) is 1. The molecule has 1 saturated heterocycles. The average Bonchev–Trinajstić information content (AvgIpc) is 3.89. The van der Waals surface area contributed by atoms with Crippen LogP contribution in [0.1, 0.15) is 126 Å². The first-order valence-electron chi connectivity index (χ1n) is 26.1. The molecule has 404 valence electrons. The Balaban J connectivity index is 1.51. The van der Waals surface area contributed by atoms with Crippen LogP contribution in [0, 0.1) is 17.8 Å². The van der Waals surface area contributed by atoms with Crippen molar-refractivity contribution in [3.05, 3.63) is 92.2 Å². The van der Waals surface area contributed by atoms with Crippen molar-refractivity contribution in [2.45, 2.75) is 137 Å². The van der Waals surface area contributed by atoms with Gasteiger partial charge in [-0.05, 0) is 93.2 Å². The van der Waals surface area contributed by atoms with Crippen molar-refractivity contribution in [1.29, 1.82) is 0 Å². The van der Waals surface area contributed by atoms with E-state index in [2.05, 4.69) is 39.4 Å². The summed E-state index contributed by atoms with van der Waals surface area (Å²) in [7, 11) is 1.96. The molecule has 19 heteroatoms. The fraction of sp³-hybridized carbons (Fsp3) is 0.648. The van der Waals surface area contributed by atoms with Crippen molar-refractivity contribution < 1.29 is 47.6 Å². The second-order valence-corrected chi connectivity index (χ2v) is 19.9. The summed E-state index contributed by atoms with van der Waals surface area (Å²) in [6.07, 6.45) is 4.74. The predicted octanol–water partition coefficient (Wildman–Crippen LogP) is 8.70. The molecule has 2 aromatic carbocycles. The molecule has 0 unspecified atom stereocenters. The van der Waals surface area contributed by atoms with Crippen LogP contribution in [-0.4, -0.2) is 136 Å². The third-order valence-electron chi connectivity index (χ3n) is 13.0. The molecule has 1 aliphatic heterocycles. The van der Waals surface area contributed by atoms with E-state index in [9.17, 15) is 19.2 Å². The van der Waals surface area contributed by atoms with E-state index in [0.717, 1.165) is 43.4 Å². The zero-order chi connectivity index (χ0) is 53.0. The first kappa shape index (κ1) is 60.4. The van der Waals surface area contributed by atoms with Gasteiger partial charge >= 0.3 is 5.97 Å². The van der Waals surface area contributed by atoms with Crippen LogP contribution < -0.4 is 15.4 Å². The number of benzene rings is 2. The number of hydrogen-bond acceptors (Lipinski definition) is 14. The van der Waals surface area contributed by atoms with Crippen molar-refractivity contribution >= 4 is 35.0 Å². The van der Waals surface area contributed by atoms with E-state index in [1.54, 1.807) is 17.2 Å². The Bertz CT molecular complexity index is 2120. The van der Waals surface area contributed by atoms with Gasteiger partial charge in [-0.3, -0.25) is 24.1 Å². The third kappa shape index (κ3) is 21.0. The molecule has 0 bridgehead atoms. The van der Waals surface area contributed by atoms with Crippen LogP contribution in [0.3, 0.4) is 0 Å². The number of ether oxygens (including phenoxy) is 6. The normalized spacial score (nSPS) is 16.3. The molecule has 1 aromatic heterocycles. The van der Waals surface area contributed by atoms with E-state index >= 15 is 0 Å². The summed E-state index contributed by atoms with van der Waals surface area (Å²) in [5.41, 5.74) is 10.4. The summed E-state index contributed by atoms with van der Waals surface area (Å²) in [5, 5.41) is 12.1. The molecule has 18 nitrogen and oxygen atoms in total. The van der Waals surface area contributed by atoms with Gasteiger partial charge in [0.05, 0.1) is 38.4 Å². The number of likely N-dealkylation sites (tertiary alicyclic amines) is 1. The number of piperidine rings is 1. The second-order valence-electron chi connectivity index (χ2n) is 19.0. The highest BCUT2D eigenvalue weighted by atomic mass is 32.1. The molecule has 4 rings (SSSR count). The Hall–Kier alpha value is -5.14. The van der Waals surface area contributed by atoms with Gasteiger partial charge in [0.15, 0.2) is 0 Å². The fourth-order valence-corrected chi connectivity index (χ4v) is 9.45. The first-order valence-corrected chi connectivity index (χ1v) is 27.0. The lowest BCUT2D eigenvalue weighted by atomic mass is 9.92. The Kier molecular flexibility index (Phi) is 27.8. The lowest BCUT2D eigenvalue weighted by Crippen LogP contribution is -2.59. The topological polar surface area (TPSA) is 216 Å². The fourth-order valence-electron chi connectivity index (χ4n) is 8.59. The number of thiazole rings is 1. The van der Waals surface area contributed by atoms with Crippen molar-refractivity contribution in [2.75, 3.05) is 73.1 Å². The van der Waals surface area contributed by atoms with Gasteiger partial charge in [0, 0.05) is 48.6 Å². The number of hydrogen-bond donors (Lipinski definition) is 2. The van der Waals surface area contributed by atoms with Crippen LogP contribution in [0.25, 0.3) is 10.4 Å². The number of nitrogens with zero attached hydrogens (tertiary/aromatic N) is 6. The van der Waals surface area contributed by atoms with Gasteiger partial charge in [-0.1, -0.05) is 102 Å². The minimum atomic E-state index is -0.751. The molecule has 3 aromatic rings. The minimum absolute atomic E-state index is 0.0336. The van der Waals surface area contributed by atoms with Gasteiger partial charge in [-0.25, -0.2) is 4.98 Å². The van der Waals surface area contributed by atoms with E-state index in [4.69, 9.17) is 38.9 Å². The molecule has 0 radical (unpaired) electrons. The molecule has 0 aliphatic carbocycles. The van der Waals surface area contributed by atoms with E-state index in [1.807, 2.05) is 89.3 Å². The van der Waals surface area contributed by atoms with Gasteiger partial charge in [-0.2, -0.15) is 0 Å². The van der Waals surface area contributed by atoms with E-state index in [1.165, 1.54) is 11.3 Å². The highest BCUT2D eigenvalue weighted by Gasteiger charge is 2.39. The summed E-state index contributed by atoms with van der Waals surface area (Å²) >= 11 is 1.33. The number of nitrogens with one attached hydrogen (secondary N) is 2. The molecule has 3 amide bonds. The van der Waals surface area contributed by atoms with E-state index in [0.29, 0.717) is 82.7 Å². The summed E-state index contributed by atoms with van der Waals surface area (Å²) in [6, 6.07) is 15.2. The standard InChI is InChI=1S/C54H82N8O10S/c1-9-26-71-48(34-47(38(4)5)62(37-67-11-3)53(65)49(39(6)10-2)59-51(64)46-19-15-16-25-61(46)8)52-58-45(36-73-52)50(63)57-43(32-40(7)54(66)72-35-42-17-13-12-14-18-42)33-41-20-22-44(23-21-41)70-31-30-69-29-28-68-27-24-56-60-55/h12-14,17-18,20-23,36,38-40,43,46-49H,9-11,15-16,19,24-35,37H2,1-8H3,(H,57,63)(H,59,64)/t39-,40-,43+,46+,47+,48+,49-/m0/s1. The Morgan fingerprint density at radius 2 is 1.62 bits per heavy atom.